The molecule has 0 radical (unpaired) electrons. The van der Waals surface area contributed by atoms with E-state index >= 15 is 0 Å². The van der Waals surface area contributed by atoms with E-state index in [0.29, 0.717) is 0 Å². The molecule has 1 aromatic rings. The summed E-state index contributed by atoms with van der Waals surface area (Å²) in [6.07, 6.45) is 4.87. The molecular weight excluding hydrogens is 214 g/mol. The fraction of sp³-hybridized carbons (Fsp3) is 0.615. The summed E-state index contributed by atoms with van der Waals surface area (Å²) in [4.78, 5) is 6.56. The monoisotopic (exact) mass is 235 g/mol. The van der Waals surface area contributed by atoms with Crippen molar-refractivity contribution in [3.05, 3.63) is 30.1 Å². The fourth-order valence-electron chi connectivity index (χ4n) is 1.99. The van der Waals surface area contributed by atoms with E-state index in [-0.39, 0.29) is 0 Å². The SMILES string of the molecule is c1cncc(CNCCN2CCCOCC2)c1. The number of pyridine rings is 1. The normalized spacial score (nSPS) is 17.9. The molecule has 1 aromatic heterocycles. The Labute approximate surface area is 103 Å². The highest BCUT2D eigenvalue weighted by Gasteiger charge is 2.07. The molecule has 4 heteroatoms. The minimum absolute atomic E-state index is 0.878. The van der Waals surface area contributed by atoms with Crippen molar-refractivity contribution in [1.29, 1.82) is 0 Å². The lowest BCUT2D eigenvalue weighted by atomic mass is 10.3. The standard InChI is InChI=1S/C13H21N3O/c1-3-13(11-14-4-1)12-15-5-7-16-6-2-9-17-10-8-16/h1,3-4,11,15H,2,5-10,12H2. The topological polar surface area (TPSA) is 37.4 Å². The highest BCUT2D eigenvalue weighted by Crippen LogP contribution is 1.98. The molecule has 0 amide bonds. The molecule has 2 rings (SSSR count). The van der Waals surface area contributed by atoms with Crippen LogP contribution in [0.2, 0.25) is 0 Å². The van der Waals surface area contributed by atoms with E-state index in [2.05, 4.69) is 21.3 Å². The molecule has 0 aliphatic carbocycles. The predicted octanol–water partition coefficient (Wildman–Crippen LogP) is 0.893. The van der Waals surface area contributed by atoms with Gasteiger partial charge < -0.3 is 10.1 Å². The molecule has 0 bridgehead atoms. The summed E-state index contributed by atoms with van der Waals surface area (Å²) in [5.74, 6) is 0. The van der Waals surface area contributed by atoms with E-state index in [0.717, 1.165) is 52.4 Å². The van der Waals surface area contributed by atoms with Gasteiger partial charge in [0.15, 0.2) is 0 Å². The van der Waals surface area contributed by atoms with Gasteiger partial charge in [-0.25, -0.2) is 0 Å². The van der Waals surface area contributed by atoms with Crippen molar-refractivity contribution in [1.82, 2.24) is 15.2 Å². The molecule has 1 aliphatic heterocycles. The zero-order valence-electron chi connectivity index (χ0n) is 10.3. The first kappa shape index (κ1) is 12.5. The van der Waals surface area contributed by atoms with Crippen LogP contribution in [-0.2, 0) is 11.3 Å². The summed E-state index contributed by atoms with van der Waals surface area (Å²) >= 11 is 0. The Morgan fingerprint density at radius 3 is 3.24 bits per heavy atom. The third-order valence-corrected chi connectivity index (χ3v) is 2.97. The lowest BCUT2D eigenvalue weighted by Crippen LogP contribution is -2.33. The number of rotatable bonds is 5. The molecule has 0 atom stereocenters. The van der Waals surface area contributed by atoms with Gasteiger partial charge in [-0.1, -0.05) is 6.07 Å². The molecule has 2 heterocycles. The van der Waals surface area contributed by atoms with Crippen LogP contribution >= 0.6 is 0 Å². The summed E-state index contributed by atoms with van der Waals surface area (Å²) in [6.45, 7) is 7.04. The molecule has 17 heavy (non-hydrogen) atoms. The fourth-order valence-corrected chi connectivity index (χ4v) is 1.99. The summed E-state index contributed by atoms with van der Waals surface area (Å²) in [6, 6.07) is 4.07. The van der Waals surface area contributed by atoms with Gasteiger partial charge in [-0.05, 0) is 18.1 Å². The van der Waals surface area contributed by atoms with E-state index < -0.39 is 0 Å². The van der Waals surface area contributed by atoms with Gasteiger partial charge in [-0.2, -0.15) is 0 Å². The van der Waals surface area contributed by atoms with Crippen LogP contribution in [0.15, 0.2) is 24.5 Å². The van der Waals surface area contributed by atoms with Crippen LogP contribution < -0.4 is 5.32 Å². The molecular formula is C13H21N3O. The molecule has 1 aliphatic rings. The summed E-state index contributed by atoms with van der Waals surface area (Å²) < 4.78 is 5.43. The van der Waals surface area contributed by atoms with Gasteiger partial charge in [-0.15, -0.1) is 0 Å². The van der Waals surface area contributed by atoms with Crippen LogP contribution in [-0.4, -0.2) is 49.3 Å². The van der Waals surface area contributed by atoms with Gasteiger partial charge in [-0.3, -0.25) is 9.88 Å². The van der Waals surface area contributed by atoms with Crippen molar-refractivity contribution in [2.45, 2.75) is 13.0 Å². The molecule has 0 spiro atoms. The van der Waals surface area contributed by atoms with E-state index in [4.69, 9.17) is 4.74 Å². The Morgan fingerprint density at radius 2 is 2.35 bits per heavy atom. The van der Waals surface area contributed by atoms with Crippen molar-refractivity contribution in [2.75, 3.05) is 39.4 Å². The van der Waals surface area contributed by atoms with Gasteiger partial charge in [0.1, 0.15) is 0 Å². The molecule has 94 valence electrons. The molecule has 1 saturated heterocycles. The smallest absolute Gasteiger partial charge is 0.0593 e. The Hall–Kier alpha value is -0.970. The lowest BCUT2D eigenvalue weighted by Gasteiger charge is -2.19. The average molecular weight is 235 g/mol. The second kappa shape index (κ2) is 7.37. The highest BCUT2D eigenvalue weighted by atomic mass is 16.5. The minimum atomic E-state index is 0.878. The first-order valence-corrected chi connectivity index (χ1v) is 6.35. The zero-order valence-corrected chi connectivity index (χ0v) is 10.3. The molecule has 0 unspecified atom stereocenters. The third-order valence-electron chi connectivity index (χ3n) is 2.97. The van der Waals surface area contributed by atoms with Crippen LogP contribution in [0.1, 0.15) is 12.0 Å². The predicted molar refractivity (Wildman–Crippen MR) is 67.8 cm³/mol. The Morgan fingerprint density at radius 1 is 1.35 bits per heavy atom. The first-order valence-electron chi connectivity index (χ1n) is 6.35. The number of hydrogen-bond acceptors (Lipinski definition) is 4. The van der Waals surface area contributed by atoms with Crippen molar-refractivity contribution in [2.24, 2.45) is 0 Å². The van der Waals surface area contributed by atoms with Crippen molar-refractivity contribution >= 4 is 0 Å². The van der Waals surface area contributed by atoms with Crippen molar-refractivity contribution in [3.63, 3.8) is 0 Å². The minimum Gasteiger partial charge on any atom is -0.380 e. The zero-order chi connectivity index (χ0) is 11.8. The van der Waals surface area contributed by atoms with Gasteiger partial charge in [0, 0.05) is 51.7 Å². The van der Waals surface area contributed by atoms with E-state index in [9.17, 15) is 0 Å². The van der Waals surface area contributed by atoms with Crippen molar-refractivity contribution in [3.8, 4) is 0 Å². The summed E-state index contributed by atoms with van der Waals surface area (Å²) in [7, 11) is 0. The van der Waals surface area contributed by atoms with Crippen LogP contribution in [0, 0.1) is 0 Å². The summed E-state index contributed by atoms with van der Waals surface area (Å²) in [5.41, 5.74) is 1.24. The van der Waals surface area contributed by atoms with E-state index in [1.807, 2.05) is 12.3 Å². The Bertz CT molecular complexity index is 297. The average Bonchev–Trinajstić information content (AvgIpc) is 2.65. The maximum atomic E-state index is 5.43. The largest absolute Gasteiger partial charge is 0.380 e. The number of aromatic nitrogens is 1. The van der Waals surface area contributed by atoms with Crippen LogP contribution in [0.3, 0.4) is 0 Å². The second-order valence-corrected chi connectivity index (χ2v) is 4.35. The van der Waals surface area contributed by atoms with Crippen LogP contribution in [0.25, 0.3) is 0 Å². The van der Waals surface area contributed by atoms with Gasteiger partial charge in [0.05, 0.1) is 6.61 Å². The second-order valence-electron chi connectivity index (χ2n) is 4.35. The van der Waals surface area contributed by atoms with Crippen LogP contribution in [0.5, 0.6) is 0 Å². The first-order chi connectivity index (χ1) is 8.45. The molecule has 4 nitrogen and oxygen atoms in total. The van der Waals surface area contributed by atoms with Gasteiger partial charge >= 0.3 is 0 Å². The van der Waals surface area contributed by atoms with Crippen LogP contribution in [0.4, 0.5) is 0 Å². The lowest BCUT2D eigenvalue weighted by molar-refractivity contribution is 0.141. The highest BCUT2D eigenvalue weighted by molar-refractivity contribution is 5.07. The maximum absolute atomic E-state index is 5.43. The molecule has 0 aromatic carbocycles. The molecule has 1 N–H and O–H groups in total. The van der Waals surface area contributed by atoms with Crippen molar-refractivity contribution < 1.29 is 4.74 Å². The third kappa shape index (κ3) is 4.81. The number of nitrogens with zero attached hydrogens (tertiary/aromatic N) is 2. The maximum Gasteiger partial charge on any atom is 0.0593 e. The number of hydrogen-bond donors (Lipinski definition) is 1. The number of nitrogens with one attached hydrogen (secondary N) is 1. The Balaban J connectivity index is 1.59. The van der Waals surface area contributed by atoms with E-state index in [1.165, 1.54) is 5.56 Å². The number of ether oxygens (including phenoxy) is 1. The molecule has 0 saturated carbocycles. The summed E-state index contributed by atoms with van der Waals surface area (Å²) in [5, 5.41) is 3.45. The van der Waals surface area contributed by atoms with Gasteiger partial charge in [0.25, 0.3) is 0 Å². The van der Waals surface area contributed by atoms with Gasteiger partial charge in [0.2, 0.25) is 0 Å². The Kier molecular flexibility index (Phi) is 5.42. The van der Waals surface area contributed by atoms with E-state index in [1.54, 1.807) is 6.20 Å². The quantitative estimate of drug-likeness (QED) is 0.769. The molecule has 1 fully saturated rings.